The summed E-state index contributed by atoms with van der Waals surface area (Å²) in [5.74, 6) is 0. The van der Waals surface area contributed by atoms with E-state index in [9.17, 15) is 4.21 Å². The number of aliphatic hydroxyl groups is 1. The predicted octanol–water partition coefficient (Wildman–Crippen LogP) is -0.913. The molecule has 2 N–H and O–H groups in total. The zero-order valence-electron chi connectivity index (χ0n) is 3.53. The van der Waals surface area contributed by atoms with Crippen LogP contribution in [-0.4, -0.2) is 20.7 Å². The molecule has 0 bridgehead atoms. The van der Waals surface area contributed by atoms with Gasteiger partial charge in [0.15, 0.2) is 6.79 Å². The third kappa shape index (κ3) is 10.8. The predicted molar refractivity (Wildman–Crippen MR) is 18.9 cm³/mol. The van der Waals surface area contributed by atoms with Crippen molar-refractivity contribution in [2.45, 2.75) is 0 Å². The van der Waals surface area contributed by atoms with Crippen LogP contribution in [0.5, 0.6) is 0 Å². The maximum Gasteiger partial charge on any atom is 0.304 e. The molecule has 4 nitrogen and oxygen atoms in total. The normalized spacial score (nSPS) is 12.3. The van der Waals surface area contributed by atoms with Gasteiger partial charge in [0.25, 0.3) is 0 Å². The molecular formula is CH4O4SZn. The summed E-state index contributed by atoms with van der Waals surface area (Å²) in [5, 5.41) is 7.66. The first-order chi connectivity index (χ1) is 2.77. The molecular weight excluding hydrogens is 173 g/mol. The van der Waals surface area contributed by atoms with E-state index in [2.05, 4.69) is 4.18 Å². The van der Waals surface area contributed by atoms with Crippen LogP contribution in [0.15, 0.2) is 0 Å². The van der Waals surface area contributed by atoms with Gasteiger partial charge in [-0.2, -0.15) is 4.21 Å². The molecule has 0 aliphatic carbocycles. The molecule has 6 heteroatoms. The van der Waals surface area contributed by atoms with Gasteiger partial charge >= 0.3 is 11.4 Å². The van der Waals surface area contributed by atoms with Crippen molar-refractivity contribution in [1.82, 2.24) is 0 Å². The Balaban J connectivity index is 0. The molecule has 0 aliphatic heterocycles. The Morgan fingerprint density at radius 1 is 1.71 bits per heavy atom. The van der Waals surface area contributed by atoms with Crippen molar-refractivity contribution >= 4 is 11.4 Å². The van der Waals surface area contributed by atoms with Crippen LogP contribution in [0.2, 0.25) is 0 Å². The molecule has 0 amide bonds. The molecule has 7 heavy (non-hydrogen) atoms. The number of aliphatic hydroxyl groups excluding tert-OH is 1. The monoisotopic (exact) mass is 176 g/mol. The second-order valence-corrected chi connectivity index (χ2v) is 1.13. The van der Waals surface area contributed by atoms with Gasteiger partial charge in [-0.05, 0) is 0 Å². The van der Waals surface area contributed by atoms with Crippen molar-refractivity contribution in [3.63, 3.8) is 0 Å². The van der Waals surface area contributed by atoms with E-state index >= 15 is 0 Å². The topological polar surface area (TPSA) is 66.8 Å². The molecule has 0 aliphatic rings. The van der Waals surface area contributed by atoms with Crippen LogP contribution in [0.3, 0.4) is 0 Å². The molecule has 0 fully saturated rings. The third-order valence-electron chi connectivity index (χ3n) is 0.154. The van der Waals surface area contributed by atoms with Crippen LogP contribution in [0.4, 0.5) is 0 Å². The molecule has 0 heterocycles. The molecule has 0 saturated heterocycles. The van der Waals surface area contributed by atoms with E-state index in [0.29, 0.717) is 0 Å². The minimum atomic E-state index is -2.32. The Kier molecular flexibility index (Phi) is 10.1. The quantitative estimate of drug-likeness (QED) is 0.326. The van der Waals surface area contributed by atoms with Crippen LogP contribution < -0.4 is 0 Å². The van der Waals surface area contributed by atoms with Crippen molar-refractivity contribution in [2.75, 3.05) is 6.79 Å². The number of hydrogen-bond donors (Lipinski definition) is 2. The van der Waals surface area contributed by atoms with Crippen molar-refractivity contribution in [1.29, 1.82) is 0 Å². The molecule has 40 valence electrons. The summed E-state index contributed by atoms with van der Waals surface area (Å²) in [6.07, 6.45) is 0. The summed E-state index contributed by atoms with van der Waals surface area (Å²) in [7, 11) is 0. The summed E-state index contributed by atoms with van der Waals surface area (Å²) < 4.78 is 20.6. The SMILES string of the molecule is O=S(O)OCO.[Zn]. The average molecular weight is 177 g/mol. The molecule has 0 rings (SSSR count). The van der Waals surface area contributed by atoms with Gasteiger partial charge in [-0.25, -0.2) is 4.18 Å². The van der Waals surface area contributed by atoms with Crippen LogP contribution in [-0.2, 0) is 35.0 Å². The minimum Gasteiger partial charge on any atom is -0.369 e. The Bertz CT molecular complexity index is 55.7. The van der Waals surface area contributed by atoms with Crippen LogP contribution >= 0.6 is 0 Å². The minimum absolute atomic E-state index is 0. The fourth-order valence-corrected chi connectivity index (χ4v) is 0.135. The van der Waals surface area contributed by atoms with Crippen LogP contribution in [0, 0.1) is 0 Å². The van der Waals surface area contributed by atoms with Gasteiger partial charge in [-0.1, -0.05) is 0 Å². The van der Waals surface area contributed by atoms with Gasteiger partial charge in [-0.15, -0.1) is 0 Å². The standard InChI is InChI=1S/CH4O4S.Zn/c2-1-5-6(3)4;/h2H,1H2,(H,3,4);. The van der Waals surface area contributed by atoms with Crippen molar-refractivity contribution in [3.8, 4) is 0 Å². The largest absolute Gasteiger partial charge is 0.369 e. The number of rotatable bonds is 2. The van der Waals surface area contributed by atoms with Crippen molar-refractivity contribution < 1.29 is 37.5 Å². The van der Waals surface area contributed by atoms with Gasteiger partial charge in [0.05, 0.1) is 0 Å². The van der Waals surface area contributed by atoms with Crippen molar-refractivity contribution in [2.24, 2.45) is 0 Å². The van der Waals surface area contributed by atoms with E-state index in [1.807, 2.05) is 0 Å². The smallest absolute Gasteiger partial charge is 0.304 e. The summed E-state index contributed by atoms with van der Waals surface area (Å²) in [6.45, 7) is -0.719. The van der Waals surface area contributed by atoms with E-state index in [1.54, 1.807) is 0 Å². The van der Waals surface area contributed by atoms with Crippen LogP contribution in [0.25, 0.3) is 0 Å². The summed E-state index contributed by atoms with van der Waals surface area (Å²) >= 11 is -2.32. The van der Waals surface area contributed by atoms with E-state index in [0.717, 1.165) is 0 Å². The average Bonchev–Trinajstić information content (AvgIpc) is 1.35. The van der Waals surface area contributed by atoms with Gasteiger partial charge < -0.3 is 5.11 Å². The van der Waals surface area contributed by atoms with E-state index in [-0.39, 0.29) is 19.5 Å². The summed E-state index contributed by atoms with van der Waals surface area (Å²) in [5.41, 5.74) is 0. The Morgan fingerprint density at radius 3 is 2.14 bits per heavy atom. The molecule has 0 aromatic carbocycles. The summed E-state index contributed by atoms with van der Waals surface area (Å²) in [6, 6.07) is 0. The molecule has 0 radical (unpaired) electrons. The third-order valence-corrected chi connectivity index (χ3v) is 0.461. The fraction of sp³-hybridized carbons (Fsp3) is 1.00. The Labute approximate surface area is 56.1 Å². The molecule has 0 spiro atoms. The summed E-state index contributed by atoms with van der Waals surface area (Å²) in [4.78, 5) is 0. The maximum absolute atomic E-state index is 9.33. The van der Waals surface area contributed by atoms with Crippen molar-refractivity contribution in [3.05, 3.63) is 0 Å². The fourth-order valence-electron chi connectivity index (χ4n) is 0.0451. The van der Waals surface area contributed by atoms with Gasteiger partial charge in [0, 0.05) is 19.5 Å². The maximum atomic E-state index is 9.33. The molecule has 0 saturated carbocycles. The van der Waals surface area contributed by atoms with E-state index in [4.69, 9.17) is 9.66 Å². The number of hydrogen-bond acceptors (Lipinski definition) is 3. The van der Waals surface area contributed by atoms with Gasteiger partial charge in [0.2, 0.25) is 0 Å². The van der Waals surface area contributed by atoms with Crippen LogP contribution in [0.1, 0.15) is 0 Å². The zero-order chi connectivity index (χ0) is 4.99. The zero-order valence-corrected chi connectivity index (χ0v) is 7.32. The molecule has 0 aromatic heterocycles. The van der Waals surface area contributed by atoms with E-state index < -0.39 is 18.2 Å². The molecule has 0 aromatic rings. The second kappa shape index (κ2) is 6.65. The Morgan fingerprint density at radius 2 is 2.14 bits per heavy atom. The first kappa shape index (κ1) is 10.6. The molecule has 1 unspecified atom stereocenters. The first-order valence-corrected chi connectivity index (χ1v) is 2.15. The Hall–Kier alpha value is 0.653. The van der Waals surface area contributed by atoms with E-state index in [1.165, 1.54) is 0 Å². The van der Waals surface area contributed by atoms with Gasteiger partial charge in [0.1, 0.15) is 0 Å². The second-order valence-electron chi connectivity index (χ2n) is 0.464. The molecule has 1 atom stereocenters. The van der Waals surface area contributed by atoms with Gasteiger partial charge in [-0.3, -0.25) is 4.55 Å². The first-order valence-electron chi connectivity index (χ1n) is 1.12.